The minimum absolute atomic E-state index is 0.243. The minimum Gasteiger partial charge on any atom is -0.370 e. The summed E-state index contributed by atoms with van der Waals surface area (Å²) in [5, 5.41) is 4.01. The number of hydrogen-bond donors (Lipinski definition) is 2. The monoisotopic (exact) mass is 189 g/mol. The Morgan fingerprint density at radius 2 is 2.29 bits per heavy atom. The standard InChI is InChI=1S/C9H11N5/c1-2-11-7-6-4-3-5-12-8(6)14-9(10)13-7/h3-5H,2H2,1H3,(H3,10,11,12,13,14). The van der Waals surface area contributed by atoms with Gasteiger partial charge in [0, 0.05) is 12.7 Å². The Kier molecular flexibility index (Phi) is 2.14. The first-order valence-corrected chi connectivity index (χ1v) is 4.43. The maximum absolute atomic E-state index is 5.55. The van der Waals surface area contributed by atoms with E-state index in [1.807, 2.05) is 19.1 Å². The Morgan fingerprint density at radius 1 is 1.43 bits per heavy atom. The largest absolute Gasteiger partial charge is 0.370 e. The van der Waals surface area contributed by atoms with Crippen molar-refractivity contribution in [3.05, 3.63) is 18.3 Å². The first kappa shape index (κ1) is 8.68. The van der Waals surface area contributed by atoms with E-state index in [-0.39, 0.29) is 5.95 Å². The summed E-state index contributed by atoms with van der Waals surface area (Å²) >= 11 is 0. The van der Waals surface area contributed by atoms with Crippen LogP contribution in [0.15, 0.2) is 18.3 Å². The zero-order valence-corrected chi connectivity index (χ0v) is 7.86. The van der Waals surface area contributed by atoms with Gasteiger partial charge in [0.15, 0.2) is 5.65 Å². The Hall–Kier alpha value is -1.91. The summed E-state index contributed by atoms with van der Waals surface area (Å²) in [5.74, 6) is 0.982. The fourth-order valence-electron chi connectivity index (χ4n) is 1.28. The van der Waals surface area contributed by atoms with Crippen molar-refractivity contribution >= 4 is 22.8 Å². The fourth-order valence-corrected chi connectivity index (χ4v) is 1.28. The van der Waals surface area contributed by atoms with Gasteiger partial charge in [-0.25, -0.2) is 4.98 Å². The van der Waals surface area contributed by atoms with Crippen LogP contribution in [0.25, 0.3) is 11.0 Å². The molecule has 0 amide bonds. The van der Waals surface area contributed by atoms with Gasteiger partial charge < -0.3 is 11.1 Å². The van der Waals surface area contributed by atoms with Crippen molar-refractivity contribution in [2.75, 3.05) is 17.6 Å². The van der Waals surface area contributed by atoms with Crippen LogP contribution in [0.2, 0.25) is 0 Å². The molecule has 0 unspecified atom stereocenters. The maximum atomic E-state index is 5.55. The van der Waals surface area contributed by atoms with Gasteiger partial charge in [0.2, 0.25) is 5.95 Å². The lowest BCUT2D eigenvalue weighted by Gasteiger charge is -2.05. The Bertz CT molecular complexity index is 454. The molecule has 0 spiro atoms. The zero-order valence-electron chi connectivity index (χ0n) is 7.86. The van der Waals surface area contributed by atoms with E-state index in [1.165, 1.54) is 0 Å². The molecule has 2 aromatic heterocycles. The van der Waals surface area contributed by atoms with Gasteiger partial charge in [-0.15, -0.1) is 0 Å². The van der Waals surface area contributed by atoms with Crippen LogP contribution >= 0.6 is 0 Å². The number of hydrogen-bond acceptors (Lipinski definition) is 5. The van der Waals surface area contributed by atoms with Crippen LogP contribution in [0.3, 0.4) is 0 Å². The van der Waals surface area contributed by atoms with Gasteiger partial charge in [-0.05, 0) is 19.1 Å². The molecule has 0 fully saturated rings. The quantitative estimate of drug-likeness (QED) is 0.738. The highest BCUT2D eigenvalue weighted by atomic mass is 15.1. The van der Waals surface area contributed by atoms with Crippen molar-refractivity contribution in [3.8, 4) is 0 Å². The molecule has 2 aromatic rings. The molecule has 72 valence electrons. The Balaban J connectivity index is 2.67. The number of nitrogen functional groups attached to an aromatic ring is 1. The smallest absolute Gasteiger partial charge is 0.224 e. The topological polar surface area (TPSA) is 76.7 Å². The molecule has 0 atom stereocenters. The van der Waals surface area contributed by atoms with Gasteiger partial charge in [0.25, 0.3) is 0 Å². The van der Waals surface area contributed by atoms with Crippen LogP contribution < -0.4 is 11.1 Å². The molecule has 3 N–H and O–H groups in total. The average molecular weight is 189 g/mol. The number of rotatable bonds is 2. The van der Waals surface area contributed by atoms with E-state index in [1.54, 1.807) is 6.20 Å². The van der Waals surface area contributed by atoms with E-state index in [4.69, 9.17) is 5.73 Å². The average Bonchev–Trinajstić information content (AvgIpc) is 2.18. The molecule has 0 bridgehead atoms. The van der Waals surface area contributed by atoms with Crippen LogP contribution in [0.5, 0.6) is 0 Å². The highest BCUT2D eigenvalue weighted by molar-refractivity contribution is 5.87. The number of nitrogens with one attached hydrogen (secondary N) is 1. The van der Waals surface area contributed by atoms with E-state index in [9.17, 15) is 0 Å². The first-order valence-electron chi connectivity index (χ1n) is 4.43. The van der Waals surface area contributed by atoms with E-state index in [0.29, 0.717) is 5.65 Å². The lowest BCUT2D eigenvalue weighted by molar-refractivity contribution is 1.14. The van der Waals surface area contributed by atoms with Crippen molar-refractivity contribution in [2.24, 2.45) is 0 Å². The van der Waals surface area contributed by atoms with Crippen LogP contribution in [0.1, 0.15) is 6.92 Å². The molecule has 0 aromatic carbocycles. The summed E-state index contributed by atoms with van der Waals surface area (Å²) in [6.07, 6.45) is 1.69. The molecule has 0 radical (unpaired) electrons. The van der Waals surface area contributed by atoms with Gasteiger partial charge >= 0.3 is 0 Å². The molecule has 0 saturated carbocycles. The molecule has 2 rings (SSSR count). The van der Waals surface area contributed by atoms with Crippen molar-refractivity contribution in [1.29, 1.82) is 0 Å². The minimum atomic E-state index is 0.243. The van der Waals surface area contributed by atoms with E-state index < -0.39 is 0 Å². The highest BCUT2D eigenvalue weighted by Crippen LogP contribution is 2.18. The number of anilines is 2. The van der Waals surface area contributed by atoms with Gasteiger partial charge in [0.05, 0.1) is 5.39 Å². The molecule has 0 saturated heterocycles. The van der Waals surface area contributed by atoms with E-state index >= 15 is 0 Å². The normalized spacial score (nSPS) is 10.4. The van der Waals surface area contributed by atoms with E-state index in [2.05, 4.69) is 20.3 Å². The van der Waals surface area contributed by atoms with Gasteiger partial charge in [0.1, 0.15) is 5.82 Å². The van der Waals surface area contributed by atoms with Gasteiger partial charge in [-0.3, -0.25) is 0 Å². The summed E-state index contributed by atoms with van der Waals surface area (Å²) in [6.45, 7) is 2.79. The van der Waals surface area contributed by atoms with Gasteiger partial charge in [-0.1, -0.05) is 0 Å². The lowest BCUT2D eigenvalue weighted by atomic mass is 10.3. The van der Waals surface area contributed by atoms with Crippen LogP contribution in [-0.2, 0) is 0 Å². The number of nitrogens with zero attached hydrogens (tertiary/aromatic N) is 3. The predicted octanol–water partition coefficient (Wildman–Crippen LogP) is 1.04. The van der Waals surface area contributed by atoms with Crippen molar-refractivity contribution < 1.29 is 0 Å². The molecule has 5 heteroatoms. The SMILES string of the molecule is CCNc1nc(N)nc2ncccc12. The second-order valence-corrected chi connectivity index (χ2v) is 2.84. The molecule has 5 nitrogen and oxygen atoms in total. The zero-order chi connectivity index (χ0) is 9.97. The molecular weight excluding hydrogens is 178 g/mol. The molecule has 2 heterocycles. The third kappa shape index (κ3) is 1.44. The van der Waals surface area contributed by atoms with Crippen molar-refractivity contribution in [3.63, 3.8) is 0 Å². The number of fused-ring (bicyclic) bond motifs is 1. The van der Waals surface area contributed by atoms with Crippen molar-refractivity contribution in [2.45, 2.75) is 6.92 Å². The first-order chi connectivity index (χ1) is 6.81. The molecular formula is C9H11N5. The molecule has 0 aliphatic carbocycles. The highest BCUT2D eigenvalue weighted by Gasteiger charge is 2.04. The van der Waals surface area contributed by atoms with Crippen LogP contribution in [0.4, 0.5) is 11.8 Å². The second-order valence-electron chi connectivity index (χ2n) is 2.84. The maximum Gasteiger partial charge on any atom is 0.224 e. The van der Waals surface area contributed by atoms with Gasteiger partial charge in [-0.2, -0.15) is 9.97 Å². The molecule has 0 aliphatic rings. The number of pyridine rings is 1. The third-order valence-electron chi connectivity index (χ3n) is 1.83. The molecule has 14 heavy (non-hydrogen) atoms. The Labute approximate surface area is 81.4 Å². The fraction of sp³-hybridized carbons (Fsp3) is 0.222. The third-order valence-corrected chi connectivity index (χ3v) is 1.83. The lowest BCUT2D eigenvalue weighted by Crippen LogP contribution is -2.04. The van der Waals surface area contributed by atoms with E-state index in [0.717, 1.165) is 17.7 Å². The van der Waals surface area contributed by atoms with Crippen molar-refractivity contribution in [1.82, 2.24) is 15.0 Å². The van der Waals surface area contributed by atoms with Crippen LogP contribution in [0, 0.1) is 0 Å². The summed E-state index contributed by atoms with van der Waals surface area (Å²) < 4.78 is 0. The summed E-state index contributed by atoms with van der Waals surface area (Å²) in [4.78, 5) is 12.3. The number of aromatic nitrogens is 3. The Morgan fingerprint density at radius 3 is 3.07 bits per heavy atom. The number of nitrogens with two attached hydrogens (primary N) is 1. The van der Waals surface area contributed by atoms with Crippen LogP contribution in [-0.4, -0.2) is 21.5 Å². The predicted molar refractivity (Wildman–Crippen MR) is 55.9 cm³/mol. The summed E-state index contributed by atoms with van der Waals surface area (Å²) in [7, 11) is 0. The summed E-state index contributed by atoms with van der Waals surface area (Å²) in [5.41, 5.74) is 6.17. The summed E-state index contributed by atoms with van der Waals surface area (Å²) in [6, 6.07) is 3.77. The molecule has 0 aliphatic heterocycles. The second kappa shape index (κ2) is 3.45.